The molecule has 1 atom stereocenters. The van der Waals surface area contributed by atoms with E-state index < -0.39 is 0 Å². The van der Waals surface area contributed by atoms with Crippen molar-refractivity contribution < 1.29 is 14.0 Å². The average Bonchev–Trinajstić information content (AvgIpc) is 3.22. The summed E-state index contributed by atoms with van der Waals surface area (Å²) in [6.45, 7) is 7.68. The number of aromatic nitrogens is 2. The SMILES string of the molecule is Cc1cccc(-n2nc(-c3ccccc3)c3c2N(CC(=O)NC(C)C)C(=O)CS[C@@H]3c2cccc(F)c2)c1C. The van der Waals surface area contributed by atoms with Gasteiger partial charge in [-0.25, -0.2) is 9.07 Å². The lowest BCUT2D eigenvalue weighted by atomic mass is 9.99. The lowest BCUT2D eigenvalue weighted by Crippen LogP contribution is -2.44. The van der Waals surface area contributed by atoms with Gasteiger partial charge in [0, 0.05) is 17.2 Å². The Labute approximate surface area is 232 Å². The number of fused-ring (bicyclic) bond motifs is 1. The van der Waals surface area contributed by atoms with Crippen molar-refractivity contribution in [3.05, 3.63) is 101 Å². The van der Waals surface area contributed by atoms with Crippen LogP contribution in [0.4, 0.5) is 10.2 Å². The zero-order chi connectivity index (χ0) is 27.7. The van der Waals surface area contributed by atoms with E-state index in [1.807, 2.05) is 82.3 Å². The lowest BCUT2D eigenvalue weighted by Gasteiger charge is -2.24. The van der Waals surface area contributed by atoms with Crippen LogP contribution in [0.15, 0.2) is 72.8 Å². The van der Waals surface area contributed by atoms with Gasteiger partial charge in [-0.15, -0.1) is 11.8 Å². The molecule has 1 N–H and O–H groups in total. The van der Waals surface area contributed by atoms with Gasteiger partial charge in [0.1, 0.15) is 18.2 Å². The molecule has 8 heteroatoms. The van der Waals surface area contributed by atoms with E-state index in [2.05, 4.69) is 5.32 Å². The van der Waals surface area contributed by atoms with Gasteiger partial charge < -0.3 is 5.32 Å². The second-order valence-electron chi connectivity index (χ2n) is 10.0. The molecule has 2 heterocycles. The van der Waals surface area contributed by atoms with Crippen LogP contribution in [0.25, 0.3) is 16.9 Å². The molecular formula is C31H31FN4O2S. The van der Waals surface area contributed by atoms with Crippen LogP contribution in [-0.4, -0.2) is 39.9 Å². The van der Waals surface area contributed by atoms with Crippen molar-refractivity contribution in [3.63, 3.8) is 0 Å². The molecule has 0 radical (unpaired) electrons. The highest BCUT2D eigenvalue weighted by molar-refractivity contribution is 8.00. The molecule has 6 nitrogen and oxygen atoms in total. The number of aryl methyl sites for hydroxylation is 1. The van der Waals surface area contributed by atoms with Crippen molar-refractivity contribution in [2.24, 2.45) is 0 Å². The molecule has 0 saturated heterocycles. The van der Waals surface area contributed by atoms with E-state index >= 15 is 0 Å². The van der Waals surface area contributed by atoms with Gasteiger partial charge in [-0.2, -0.15) is 5.10 Å². The van der Waals surface area contributed by atoms with E-state index in [1.54, 1.807) is 15.6 Å². The van der Waals surface area contributed by atoms with Crippen molar-refractivity contribution in [2.45, 2.75) is 39.0 Å². The molecule has 1 aromatic heterocycles. The first-order chi connectivity index (χ1) is 18.7. The summed E-state index contributed by atoms with van der Waals surface area (Å²) in [6, 6.07) is 22.2. The zero-order valence-corrected chi connectivity index (χ0v) is 23.3. The van der Waals surface area contributed by atoms with E-state index in [9.17, 15) is 14.0 Å². The first kappa shape index (κ1) is 26.7. The largest absolute Gasteiger partial charge is 0.352 e. The van der Waals surface area contributed by atoms with Gasteiger partial charge in [0.15, 0.2) is 0 Å². The zero-order valence-electron chi connectivity index (χ0n) is 22.4. The molecule has 0 fully saturated rings. The van der Waals surface area contributed by atoms with Crippen LogP contribution in [0.2, 0.25) is 0 Å². The standard InChI is InChI=1S/C31H31FN4O2S/c1-19(2)33-26(37)17-35-27(38)18-39-30(23-13-9-14-24(32)16-23)28-29(22-11-6-5-7-12-22)34-36(31(28)35)25-15-8-10-20(3)21(25)4/h5-16,19,30H,17-18H2,1-4H3,(H,33,37)/t30-/m1/s1. The molecule has 200 valence electrons. The molecule has 2 amide bonds. The maximum absolute atomic E-state index is 14.5. The summed E-state index contributed by atoms with van der Waals surface area (Å²) in [6.07, 6.45) is 0. The molecule has 5 rings (SSSR count). The van der Waals surface area contributed by atoms with Gasteiger partial charge in [0.2, 0.25) is 11.8 Å². The Balaban J connectivity index is 1.84. The summed E-state index contributed by atoms with van der Waals surface area (Å²) < 4.78 is 16.3. The number of hydrogen-bond donors (Lipinski definition) is 1. The quantitative estimate of drug-likeness (QED) is 0.325. The minimum Gasteiger partial charge on any atom is -0.352 e. The molecular weight excluding hydrogens is 511 g/mol. The number of thioether (sulfide) groups is 1. The fraction of sp³-hybridized carbons (Fsp3) is 0.258. The Morgan fingerprint density at radius 2 is 1.82 bits per heavy atom. The van der Waals surface area contributed by atoms with Crippen molar-refractivity contribution >= 4 is 29.4 Å². The Bertz CT molecular complexity index is 1530. The summed E-state index contributed by atoms with van der Waals surface area (Å²) >= 11 is 1.42. The molecule has 0 bridgehead atoms. The molecule has 0 spiro atoms. The number of nitrogens with zero attached hydrogens (tertiary/aromatic N) is 3. The van der Waals surface area contributed by atoms with Crippen LogP contribution < -0.4 is 10.2 Å². The topological polar surface area (TPSA) is 67.2 Å². The number of rotatable bonds is 6. The Kier molecular flexibility index (Phi) is 7.57. The molecule has 0 saturated carbocycles. The fourth-order valence-corrected chi connectivity index (χ4v) is 6.09. The van der Waals surface area contributed by atoms with E-state index in [0.29, 0.717) is 11.5 Å². The predicted molar refractivity (Wildman–Crippen MR) is 155 cm³/mol. The average molecular weight is 543 g/mol. The van der Waals surface area contributed by atoms with Crippen molar-refractivity contribution in [1.29, 1.82) is 0 Å². The second kappa shape index (κ2) is 11.1. The first-order valence-electron chi connectivity index (χ1n) is 13.0. The number of hydrogen-bond acceptors (Lipinski definition) is 4. The van der Waals surface area contributed by atoms with Crippen molar-refractivity contribution in [2.75, 3.05) is 17.2 Å². The maximum Gasteiger partial charge on any atom is 0.240 e. The third-order valence-electron chi connectivity index (χ3n) is 6.84. The highest BCUT2D eigenvalue weighted by Gasteiger charge is 2.38. The third-order valence-corrected chi connectivity index (χ3v) is 8.10. The van der Waals surface area contributed by atoms with Gasteiger partial charge in [0.25, 0.3) is 0 Å². The maximum atomic E-state index is 14.5. The minimum absolute atomic E-state index is 0.0720. The molecule has 0 aliphatic carbocycles. The molecule has 4 aromatic rings. The monoisotopic (exact) mass is 542 g/mol. The Hall–Kier alpha value is -3.91. The van der Waals surface area contributed by atoms with Crippen LogP contribution in [0, 0.1) is 19.7 Å². The summed E-state index contributed by atoms with van der Waals surface area (Å²) in [7, 11) is 0. The highest BCUT2D eigenvalue weighted by atomic mass is 32.2. The smallest absolute Gasteiger partial charge is 0.240 e. The number of benzene rings is 3. The van der Waals surface area contributed by atoms with Crippen LogP contribution in [-0.2, 0) is 9.59 Å². The number of amides is 2. The number of carbonyl (C=O) groups is 2. The van der Waals surface area contributed by atoms with Crippen molar-refractivity contribution in [1.82, 2.24) is 15.1 Å². The normalized spacial score (nSPS) is 15.3. The van der Waals surface area contributed by atoms with Crippen LogP contribution in [0.5, 0.6) is 0 Å². The van der Waals surface area contributed by atoms with E-state index in [4.69, 9.17) is 5.10 Å². The summed E-state index contributed by atoms with van der Waals surface area (Å²) in [4.78, 5) is 28.3. The second-order valence-corrected chi connectivity index (χ2v) is 11.1. The molecule has 1 aliphatic rings. The summed E-state index contributed by atoms with van der Waals surface area (Å²) in [5.41, 5.74) is 6.00. The highest BCUT2D eigenvalue weighted by Crippen LogP contribution is 2.48. The van der Waals surface area contributed by atoms with Gasteiger partial charge >= 0.3 is 0 Å². The Morgan fingerprint density at radius 1 is 1.08 bits per heavy atom. The Morgan fingerprint density at radius 3 is 2.54 bits per heavy atom. The lowest BCUT2D eigenvalue weighted by molar-refractivity contribution is -0.123. The fourth-order valence-electron chi connectivity index (χ4n) is 4.91. The third kappa shape index (κ3) is 5.34. The number of nitrogens with one attached hydrogen (secondary N) is 1. The van der Waals surface area contributed by atoms with Gasteiger partial charge in [-0.3, -0.25) is 14.5 Å². The molecule has 3 aromatic carbocycles. The molecule has 1 aliphatic heterocycles. The van der Waals surface area contributed by atoms with Gasteiger partial charge in [-0.05, 0) is 62.6 Å². The van der Waals surface area contributed by atoms with Gasteiger partial charge in [-0.1, -0.05) is 54.6 Å². The van der Waals surface area contributed by atoms with Gasteiger partial charge in [0.05, 0.1) is 22.4 Å². The first-order valence-corrected chi connectivity index (χ1v) is 14.0. The minimum atomic E-state index is -0.383. The summed E-state index contributed by atoms with van der Waals surface area (Å²) in [5.74, 6) is -0.142. The van der Waals surface area contributed by atoms with Crippen LogP contribution >= 0.6 is 11.8 Å². The van der Waals surface area contributed by atoms with Crippen LogP contribution in [0.1, 0.15) is 41.4 Å². The van der Waals surface area contributed by atoms with E-state index in [1.165, 1.54) is 23.9 Å². The van der Waals surface area contributed by atoms with Crippen LogP contribution in [0.3, 0.4) is 0 Å². The summed E-state index contributed by atoms with van der Waals surface area (Å²) in [5, 5.41) is 7.64. The number of halogens is 1. The van der Waals surface area contributed by atoms with Crippen molar-refractivity contribution in [3.8, 4) is 16.9 Å². The predicted octanol–water partition coefficient (Wildman–Crippen LogP) is 5.99. The number of carbonyl (C=O) groups excluding carboxylic acids is 2. The van der Waals surface area contributed by atoms with E-state index in [-0.39, 0.29) is 41.2 Å². The van der Waals surface area contributed by atoms with E-state index in [0.717, 1.165) is 33.5 Å². The number of anilines is 1. The molecule has 0 unspecified atom stereocenters. The molecule has 39 heavy (non-hydrogen) atoms.